The first-order valence-electron chi connectivity index (χ1n) is 5.23. The topological polar surface area (TPSA) is 49.3 Å². The van der Waals surface area contributed by atoms with Gasteiger partial charge in [0.1, 0.15) is 0 Å². The van der Waals surface area contributed by atoms with Crippen LogP contribution in [0.2, 0.25) is 0 Å². The van der Waals surface area contributed by atoms with Crippen molar-refractivity contribution in [3.8, 4) is 0 Å². The van der Waals surface area contributed by atoms with Crippen molar-refractivity contribution in [2.45, 2.75) is 12.4 Å². The van der Waals surface area contributed by atoms with E-state index in [1.54, 1.807) is 0 Å². The average molecular weight is 301 g/mol. The van der Waals surface area contributed by atoms with Gasteiger partial charge in [-0.25, -0.2) is 0 Å². The Bertz CT molecular complexity index is 483. The van der Waals surface area contributed by atoms with Crippen LogP contribution < -0.4 is 5.32 Å². The zero-order chi connectivity index (χ0) is 15.6. The van der Waals surface area contributed by atoms with Crippen LogP contribution >= 0.6 is 0 Å². The summed E-state index contributed by atoms with van der Waals surface area (Å²) in [4.78, 5) is 10.5. The van der Waals surface area contributed by atoms with Crippen molar-refractivity contribution < 1.29 is 36.2 Å². The first-order valence-corrected chi connectivity index (χ1v) is 5.23. The number of alkyl halides is 6. The van der Waals surface area contributed by atoms with Gasteiger partial charge in [0.25, 0.3) is 0 Å². The molecule has 20 heavy (non-hydrogen) atoms. The lowest BCUT2D eigenvalue weighted by Crippen LogP contribution is -2.36. The first-order chi connectivity index (χ1) is 9.03. The lowest BCUT2D eigenvalue weighted by atomic mass is 10.1. The lowest BCUT2D eigenvalue weighted by molar-refractivity contribution is -0.190. The molecule has 9 heteroatoms. The molecule has 1 aromatic rings. The number of nitrogens with one attached hydrogen (secondary N) is 1. The number of rotatable bonds is 4. The standard InChI is InChI=1S/C11H9F6NO2/c12-10(13,14)6-3-1-2-4-8(6)18-5-7(9(19)20)11(15,16)17/h1-4,7,18H,5H2,(H,19,20). The van der Waals surface area contributed by atoms with Crippen LogP contribution in [0.1, 0.15) is 5.56 Å². The van der Waals surface area contributed by atoms with Crippen molar-refractivity contribution in [1.29, 1.82) is 0 Å². The number of anilines is 1. The molecule has 0 fully saturated rings. The summed E-state index contributed by atoms with van der Waals surface area (Å²) in [5.74, 6) is -4.95. The molecule has 3 nitrogen and oxygen atoms in total. The second-order valence-electron chi connectivity index (χ2n) is 3.86. The number of benzene rings is 1. The van der Waals surface area contributed by atoms with E-state index < -0.39 is 42.0 Å². The molecule has 112 valence electrons. The van der Waals surface area contributed by atoms with Gasteiger partial charge in [-0.15, -0.1) is 0 Å². The Kier molecular flexibility index (Phi) is 4.51. The fourth-order valence-electron chi connectivity index (χ4n) is 1.44. The smallest absolute Gasteiger partial charge is 0.418 e. The minimum absolute atomic E-state index is 0.601. The van der Waals surface area contributed by atoms with Gasteiger partial charge < -0.3 is 10.4 Å². The van der Waals surface area contributed by atoms with Gasteiger partial charge in [0.15, 0.2) is 5.92 Å². The van der Waals surface area contributed by atoms with Crippen molar-refractivity contribution in [2.24, 2.45) is 5.92 Å². The van der Waals surface area contributed by atoms with Crippen molar-refractivity contribution in [2.75, 3.05) is 11.9 Å². The third kappa shape index (κ3) is 4.04. The molecule has 0 heterocycles. The van der Waals surface area contributed by atoms with Gasteiger partial charge >= 0.3 is 18.3 Å². The van der Waals surface area contributed by atoms with E-state index in [-0.39, 0.29) is 0 Å². The van der Waals surface area contributed by atoms with Gasteiger partial charge in [0.2, 0.25) is 0 Å². The summed E-state index contributed by atoms with van der Waals surface area (Å²) in [5, 5.41) is 10.3. The Morgan fingerprint density at radius 1 is 1.15 bits per heavy atom. The van der Waals surface area contributed by atoms with E-state index >= 15 is 0 Å². The predicted octanol–water partition coefficient (Wildman–Crippen LogP) is 3.38. The van der Waals surface area contributed by atoms with Crippen molar-refractivity contribution in [1.82, 2.24) is 0 Å². The van der Waals surface area contributed by atoms with Gasteiger partial charge in [-0.1, -0.05) is 12.1 Å². The van der Waals surface area contributed by atoms with Crippen LogP contribution in [0.25, 0.3) is 0 Å². The van der Waals surface area contributed by atoms with Gasteiger partial charge in [-0.05, 0) is 12.1 Å². The second kappa shape index (κ2) is 5.59. The molecule has 0 bridgehead atoms. The molecule has 0 saturated heterocycles. The van der Waals surface area contributed by atoms with E-state index in [4.69, 9.17) is 5.11 Å². The molecule has 0 aliphatic heterocycles. The van der Waals surface area contributed by atoms with Crippen LogP contribution in [0.3, 0.4) is 0 Å². The molecule has 1 atom stereocenters. The van der Waals surface area contributed by atoms with Gasteiger partial charge in [-0.3, -0.25) is 4.79 Å². The Balaban J connectivity index is 2.93. The van der Waals surface area contributed by atoms with E-state index in [9.17, 15) is 31.1 Å². The monoisotopic (exact) mass is 301 g/mol. The normalized spacial score (nSPS) is 13.9. The molecule has 0 aliphatic carbocycles. The highest BCUT2D eigenvalue weighted by Crippen LogP contribution is 2.35. The Morgan fingerprint density at radius 2 is 1.70 bits per heavy atom. The molecule has 0 radical (unpaired) electrons. The summed E-state index contributed by atoms with van der Waals surface area (Å²) in [6, 6.07) is 3.89. The van der Waals surface area contributed by atoms with E-state index in [2.05, 4.69) is 0 Å². The van der Waals surface area contributed by atoms with Crippen LogP contribution in [0.4, 0.5) is 32.0 Å². The predicted molar refractivity (Wildman–Crippen MR) is 57.1 cm³/mol. The fourth-order valence-corrected chi connectivity index (χ4v) is 1.44. The maximum absolute atomic E-state index is 12.6. The third-order valence-corrected chi connectivity index (χ3v) is 2.42. The number of hydrogen-bond acceptors (Lipinski definition) is 2. The summed E-state index contributed by atoms with van der Waals surface area (Å²) in [5.41, 5.74) is -1.76. The quantitative estimate of drug-likeness (QED) is 0.838. The lowest BCUT2D eigenvalue weighted by Gasteiger charge is -2.19. The molecular weight excluding hydrogens is 292 g/mol. The van der Waals surface area contributed by atoms with Crippen molar-refractivity contribution in [3.05, 3.63) is 29.8 Å². The Labute approximate surface area is 109 Å². The average Bonchev–Trinajstić information content (AvgIpc) is 2.26. The summed E-state index contributed by atoms with van der Waals surface area (Å²) >= 11 is 0. The van der Waals surface area contributed by atoms with Crippen LogP contribution in [-0.4, -0.2) is 23.8 Å². The van der Waals surface area contributed by atoms with Crippen molar-refractivity contribution in [3.63, 3.8) is 0 Å². The number of para-hydroxylation sites is 1. The molecule has 0 amide bonds. The number of carboxylic acids is 1. The molecule has 2 N–H and O–H groups in total. The SMILES string of the molecule is O=C(O)C(CNc1ccccc1C(F)(F)F)C(F)(F)F. The van der Waals surface area contributed by atoms with E-state index in [0.717, 1.165) is 12.1 Å². The van der Waals surface area contributed by atoms with E-state index in [1.807, 2.05) is 5.32 Å². The maximum atomic E-state index is 12.6. The molecule has 1 unspecified atom stereocenters. The Hall–Kier alpha value is -1.93. The molecule has 0 saturated carbocycles. The minimum Gasteiger partial charge on any atom is -0.481 e. The summed E-state index contributed by atoms with van der Waals surface area (Å²) in [7, 11) is 0. The maximum Gasteiger partial charge on any atom is 0.418 e. The number of carboxylic acid groups (broad SMARTS) is 1. The molecule has 0 aliphatic rings. The number of hydrogen-bond donors (Lipinski definition) is 2. The number of aliphatic carboxylic acids is 1. The zero-order valence-electron chi connectivity index (χ0n) is 9.72. The van der Waals surface area contributed by atoms with Gasteiger partial charge in [0, 0.05) is 12.2 Å². The highest BCUT2D eigenvalue weighted by atomic mass is 19.4. The highest BCUT2D eigenvalue weighted by Gasteiger charge is 2.45. The highest BCUT2D eigenvalue weighted by molar-refractivity contribution is 5.72. The number of halogens is 6. The van der Waals surface area contributed by atoms with E-state index in [0.29, 0.717) is 6.07 Å². The van der Waals surface area contributed by atoms with Crippen LogP contribution in [0.5, 0.6) is 0 Å². The Morgan fingerprint density at radius 3 is 2.15 bits per heavy atom. The molecule has 0 aromatic heterocycles. The summed E-state index contributed by atoms with van der Waals surface area (Å²) in [6.07, 6.45) is -9.80. The van der Waals surface area contributed by atoms with Crippen molar-refractivity contribution >= 4 is 11.7 Å². The van der Waals surface area contributed by atoms with E-state index in [1.165, 1.54) is 6.07 Å². The van der Waals surface area contributed by atoms with Gasteiger partial charge in [-0.2, -0.15) is 26.3 Å². The number of carbonyl (C=O) groups is 1. The van der Waals surface area contributed by atoms with Gasteiger partial charge in [0.05, 0.1) is 5.56 Å². The second-order valence-corrected chi connectivity index (χ2v) is 3.86. The molecule has 0 spiro atoms. The van der Waals surface area contributed by atoms with Crippen LogP contribution in [-0.2, 0) is 11.0 Å². The minimum atomic E-state index is -5.05. The fraction of sp³-hybridized carbons (Fsp3) is 0.364. The van der Waals surface area contributed by atoms with Crippen LogP contribution in [0.15, 0.2) is 24.3 Å². The molecule has 1 aromatic carbocycles. The first kappa shape index (κ1) is 16.1. The summed E-state index contributed by atoms with van der Waals surface area (Å²) < 4.78 is 74.9. The third-order valence-electron chi connectivity index (χ3n) is 2.42. The van der Waals surface area contributed by atoms with Crippen LogP contribution in [0, 0.1) is 5.92 Å². The molecule has 1 rings (SSSR count). The zero-order valence-corrected chi connectivity index (χ0v) is 9.72. The largest absolute Gasteiger partial charge is 0.481 e. The summed E-state index contributed by atoms with van der Waals surface area (Å²) in [6.45, 7) is -1.19. The molecular formula is C11H9F6NO2.